The number of benzene rings is 1. The van der Waals surface area contributed by atoms with Gasteiger partial charge in [-0.3, -0.25) is 9.48 Å². The molecule has 20 heavy (non-hydrogen) atoms. The van der Waals surface area contributed by atoms with E-state index in [1.807, 2.05) is 0 Å². The first-order valence-corrected chi connectivity index (χ1v) is 6.19. The van der Waals surface area contributed by atoms with Crippen molar-refractivity contribution >= 4 is 23.2 Å². The number of hydrogen-bond acceptors (Lipinski definition) is 4. The summed E-state index contributed by atoms with van der Waals surface area (Å²) in [4.78, 5) is 11.9. The molecule has 1 N–H and O–H groups in total. The zero-order valence-corrected chi connectivity index (χ0v) is 11.8. The Kier molecular flexibility index (Phi) is 4.47. The van der Waals surface area contributed by atoms with Crippen molar-refractivity contribution in [2.75, 3.05) is 19.5 Å². The van der Waals surface area contributed by atoms with Crippen molar-refractivity contribution < 1.29 is 14.3 Å². The van der Waals surface area contributed by atoms with Crippen LogP contribution in [0.15, 0.2) is 30.6 Å². The Hall–Kier alpha value is -2.21. The third kappa shape index (κ3) is 3.64. The monoisotopic (exact) mass is 295 g/mol. The molecule has 1 amide bonds. The fourth-order valence-electron chi connectivity index (χ4n) is 1.65. The van der Waals surface area contributed by atoms with Crippen LogP contribution in [-0.4, -0.2) is 29.9 Å². The van der Waals surface area contributed by atoms with Crippen LogP contribution in [0.3, 0.4) is 0 Å². The first kappa shape index (κ1) is 14.2. The van der Waals surface area contributed by atoms with Gasteiger partial charge in [0, 0.05) is 30.1 Å². The number of methoxy groups -OCH3 is 2. The number of rotatable bonds is 5. The molecule has 0 bridgehead atoms. The summed E-state index contributed by atoms with van der Waals surface area (Å²) in [6.07, 6.45) is 3.05. The molecular weight excluding hydrogens is 282 g/mol. The smallest absolute Gasteiger partial charge is 0.246 e. The lowest BCUT2D eigenvalue weighted by Gasteiger charge is -2.09. The van der Waals surface area contributed by atoms with Crippen LogP contribution in [0.2, 0.25) is 5.02 Å². The lowest BCUT2D eigenvalue weighted by Crippen LogP contribution is -2.19. The summed E-state index contributed by atoms with van der Waals surface area (Å²) >= 11 is 5.74. The quantitative estimate of drug-likeness (QED) is 0.918. The van der Waals surface area contributed by atoms with Gasteiger partial charge in [0.15, 0.2) is 0 Å². The summed E-state index contributed by atoms with van der Waals surface area (Å²) in [6, 6.07) is 5.13. The molecule has 6 nitrogen and oxygen atoms in total. The van der Waals surface area contributed by atoms with Crippen LogP contribution >= 0.6 is 11.6 Å². The summed E-state index contributed by atoms with van der Waals surface area (Å²) in [5.41, 5.74) is 0.587. The zero-order chi connectivity index (χ0) is 14.5. The molecule has 2 rings (SSSR count). The largest absolute Gasteiger partial charge is 0.497 e. The first-order valence-electron chi connectivity index (χ1n) is 5.81. The number of nitrogens with zero attached hydrogens (tertiary/aromatic N) is 2. The van der Waals surface area contributed by atoms with Gasteiger partial charge in [-0.05, 0) is 0 Å². The molecule has 2 aromatic rings. The van der Waals surface area contributed by atoms with E-state index in [-0.39, 0.29) is 12.5 Å². The van der Waals surface area contributed by atoms with Crippen LogP contribution in [-0.2, 0) is 11.3 Å². The number of aromatic nitrogens is 2. The van der Waals surface area contributed by atoms with Gasteiger partial charge in [-0.2, -0.15) is 5.10 Å². The van der Waals surface area contributed by atoms with Gasteiger partial charge in [0.1, 0.15) is 18.0 Å². The highest BCUT2D eigenvalue weighted by Gasteiger charge is 2.07. The first-order chi connectivity index (χ1) is 9.60. The van der Waals surface area contributed by atoms with Gasteiger partial charge < -0.3 is 14.8 Å². The average Bonchev–Trinajstić information content (AvgIpc) is 2.83. The molecule has 0 unspecified atom stereocenters. The van der Waals surface area contributed by atoms with E-state index in [1.165, 1.54) is 10.9 Å². The molecule has 0 aliphatic rings. The predicted molar refractivity (Wildman–Crippen MR) is 75.4 cm³/mol. The Bertz CT molecular complexity index is 590. The number of carbonyl (C=O) groups excluding carboxylic acids is 1. The number of ether oxygens (including phenoxy) is 2. The molecule has 7 heteroatoms. The average molecular weight is 296 g/mol. The lowest BCUT2D eigenvalue weighted by molar-refractivity contribution is -0.116. The number of halogens is 1. The Labute approximate surface area is 121 Å². The third-order valence-electron chi connectivity index (χ3n) is 2.54. The number of anilines is 1. The molecule has 0 aliphatic carbocycles. The molecule has 1 heterocycles. The second kappa shape index (κ2) is 6.29. The Morgan fingerprint density at radius 3 is 2.45 bits per heavy atom. The lowest BCUT2D eigenvalue weighted by atomic mass is 10.2. The van der Waals surface area contributed by atoms with E-state index in [0.29, 0.717) is 22.2 Å². The van der Waals surface area contributed by atoms with Gasteiger partial charge >= 0.3 is 0 Å². The topological polar surface area (TPSA) is 65.4 Å². The molecule has 0 radical (unpaired) electrons. The van der Waals surface area contributed by atoms with E-state index in [2.05, 4.69) is 10.4 Å². The molecule has 1 aromatic heterocycles. The molecule has 0 saturated heterocycles. The standard InChI is InChI=1S/C13H14ClN3O3/c1-19-11-3-10(4-12(5-11)20-2)16-13(18)8-17-7-9(14)6-15-17/h3-7H,8H2,1-2H3,(H,16,18). The highest BCUT2D eigenvalue weighted by atomic mass is 35.5. The molecule has 0 fully saturated rings. The Morgan fingerprint density at radius 2 is 1.95 bits per heavy atom. The highest BCUT2D eigenvalue weighted by molar-refractivity contribution is 6.30. The maximum absolute atomic E-state index is 11.9. The van der Waals surface area contributed by atoms with E-state index >= 15 is 0 Å². The highest BCUT2D eigenvalue weighted by Crippen LogP contribution is 2.25. The molecule has 0 atom stereocenters. The fraction of sp³-hybridized carbons (Fsp3) is 0.231. The minimum absolute atomic E-state index is 0.0756. The summed E-state index contributed by atoms with van der Waals surface area (Å²) in [5.74, 6) is 0.976. The van der Waals surface area contributed by atoms with E-state index in [1.54, 1.807) is 38.6 Å². The predicted octanol–water partition coefficient (Wildman–Crippen LogP) is 2.19. The molecular formula is C13H14ClN3O3. The van der Waals surface area contributed by atoms with Crippen LogP contribution < -0.4 is 14.8 Å². The fourth-order valence-corrected chi connectivity index (χ4v) is 1.81. The summed E-state index contributed by atoms with van der Waals surface area (Å²) in [7, 11) is 3.10. The van der Waals surface area contributed by atoms with Crippen molar-refractivity contribution in [1.29, 1.82) is 0 Å². The maximum atomic E-state index is 11.9. The van der Waals surface area contributed by atoms with Gasteiger partial charge in [0.2, 0.25) is 5.91 Å². The van der Waals surface area contributed by atoms with Crippen LogP contribution in [0.5, 0.6) is 11.5 Å². The van der Waals surface area contributed by atoms with Crippen molar-refractivity contribution in [2.45, 2.75) is 6.54 Å². The van der Waals surface area contributed by atoms with Crippen LogP contribution in [0.4, 0.5) is 5.69 Å². The van der Waals surface area contributed by atoms with Crippen LogP contribution in [0.1, 0.15) is 0 Å². The van der Waals surface area contributed by atoms with Crippen molar-refractivity contribution in [3.8, 4) is 11.5 Å². The Morgan fingerprint density at radius 1 is 1.30 bits per heavy atom. The Balaban J connectivity index is 2.07. The van der Waals surface area contributed by atoms with Gasteiger partial charge in [-0.25, -0.2) is 0 Å². The minimum Gasteiger partial charge on any atom is -0.497 e. The van der Waals surface area contributed by atoms with Crippen molar-refractivity contribution in [1.82, 2.24) is 9.78 Å². The van der Waals surface area contributed by atoms with E-state index in [0.717, 1.165) is 0 Å². The molecule has 0 aliphatic heterocycles. The second-order valence-corrected chi connectivity index (χ2v) is 4.44. The minimum atomic E-state index is -0.222. The van der Waals surface area contributed by atoms with Crippen molar-refractivity contribution in [2.24, 2.45) is 0 Å². The van der Waals surface area contributed by atoms with Gasteiger partial charge in [0.05, 0.1) is 25.4 Å². The van der Waals surface area contributed by atoms with Gasteiger partial charge in [-0.1, -0.05) is 11.6 Å². The number of nitrogens with one attached hydrogen (secondary N) is 1. The third-order valence-corrected chi connectivity index (χ3v) is 2.74. The number of amides is 1. The summed E-state index contributed by atoms with van der Waals surface area (Å²) in [6.45, 7) is 0.0756. The maximum Gasteiger partial charge on any atom is 0.246 e. The normalized spacial score (nSPS) is 10.2. The molecule has 0 spiro atoms. The number of hydrogen-bond donors (Lipinski definition) is 1. The van der Waals surface area contributed by atoms with E-state index in [4.69, 9.17) is 21.1 Å². The van der Waals surface area contributed by atoms with Gasteiger partial charge in [-0.15, -0.1) is 0 Å². The SMILES string of the molecule is COc1cc(NC(=O)Cn2cc(Cl)cn2)cc(OC)c1. The molecule has 0 saturated carbocycles. The zero-order valence-electron chi connectivity index (χ0n) is 11.1. The van der Waals surface area contributed by atoms with Crippen molar-refractivity contribution in [3.05, 3.63) is 35.6 Å². The van der Waals surface area contributed by atoms with Gasteiger partial charge in [0.25, 0.3) is 0 Å². The summed E-state index contributed by atoms with van der Waals surface area (Å²) < 4.78 is 11.7. The van der Waals surface area contributed by atoms with E-state index in [9.17, 15) is 4.79 Å². The van der Waals surface area contributed by atoms with Crippen LogP contribution in [0.25, 0.3) is 0 Å². The van der Waals surface area contributed by atoms with Crippen molar-refractivity contribution in [3.63, 3.8) is 0 Å². The molecule has 1 aromatic carbocycles. The van der Waals surface area contributed by atoms with Crippen LogP contribution in [0, 0.1) is 0 Å². The number of carbonyl (C=O) groups is 1. The molecule has 106 valence electrons. The summed E-state index contributed by atoms with van der Waals surface area (Å²) in [5, 5.41) is 7.17. The second-order valence-electron chi connectivity index (χ2n) is 4.01. The van der Waals surface area contributed by atoms with E-state index < -0.39 is 0 Å².